The van der Waals surface area contributed by atoms with Crippen molar-refractivity contribution in [3.8, 4) is 45.3 Å². The van der Waals surface area contributed by atoms with E-state index in [0.717, 1.165) is 18.2 Å². The number of ether oxygens (including phenoxy) is 6. The molecule has 1 heterocycles. The van der Waals surface area contributed by atoms with Gasteiger partial charge in [0.15, 0.2) is 12.6 Å². The van der Waals surface area contributed by atoms with Crippen LogP contribution < -0.4 is 18.9 Å². The molecule has 0 aromatic heterocycles. The Morgan fingerprint density at radius 2 is 1.04 bits per heavy atom. The summed E-state index contributed by atoms with van der Waals surface area (Å²) < 4.78 is 60.0. The molecule has 0 bridgehead atoms. The molecular formula is C34H36F2N2O11. The van der Waals surface area contributed by atoms with Crippen LogP contribution >= 0.6 is 0 Å². The van der Waals surface area contributed by atoms with Crippen molar-refractivity contribution < 1.29 is 51.8 Å². The monoisotopic (exact) mass is 686 g/mol. The van der Waals surface area contributed by atoms with Crippen molar-refractivity contribution in [3.05, 3.63) is 104 Å². The number of hydrogen-bond acceptors (Lipinski definition) is 11. The Balaban J connectivity index is 0.000000329. The Morgan fingerprint density at radius 1 is 0.653 bits per heavy atom. The molecule has 4 aromatic carbocycles. The van der Waals surface area contributed by atoms with E-state index < -0.39 is 33.5 Å². The lowest BCUT2D eigenvalue weighted by Crippen LogP contribution is -2.05. The van der Waals surface area contributed by atoms with E-state index in [1.54, 1.807) is 36.4 Å². The predicted molar refractivity (Wildman–Crippen MR) is 177 cm³/mol. The molecular weight excluding hydrogens is 650 g/mol. The van der Waals surface area contributed by atoms with E-state index in [4.69, 9.17) is 28.4 Å². The summed E-state index contributed by atoms with van der Waals surface area (Å²) in [5.41, 5.74) is 0.0503. The Labute approximate surface area is 281 Å². The highest BCUT2D eigenvalue weighted by atomic mass is 19.1. The van der Waals surface area contributed by atoms with Crippen molar-refractivity contribution >= 4 is 17.7 Å². The van der Waals surface area contributed by atoms with Gasteiger partial charge in [0, 0.05) is 23.3 Å². The first kappa shape index (κ1) is 39.5. The van der Waals surface area contributed by atoms with Gasteiger partial charge in [-0.15, -0.1) is 0 Å². The maximum absolute atomic E-state index is 14.6. The van der Waals surface area contributed by atoms with E-state index in [-0.39, 0.29) is 42.8 Å². The number of carbonyl (C=O) groups is 1. The van der Waals surface area contributed by atoms with Crippen molar-refractivity contribution in [2.24, 2.45) is 0 Å². The van der Waals surface area contributed by atoms with E-state index in [1.807, 2.05) is 0 Å². The van der Waals surface area contributed by atoms with Crippen molar-refractivity contribution in [2.45, 2.75) is 21.1 Å². The van der Waals surface area contributed by atoms with Crippen molar-refractivity contribution in [2.75, 3.05) is 41.7 Å². The van der Waals surface area contributed by atoms with E-state index in [2.05, 4.69) is 0 Å². The minimum atomic E-state index is -0.896. The van der Waals surface area contributed by atoms with Gasteiger partial charge in [0.2, 0.25) is 0 Å². The van der Waals surface area contributed by atoms with E-state index in [0.29, 0.717) is 53.6 Å². The molecule has 1 fully saturated rings. The van der Waals surface area contributed by atoms with Gasteiger partial charge in [0.05, 0.1) is 74.8 Å². The Kier molecular flexibility index (Phi) is 14.1. The number of rotatable bonds is 10. The molecule has 0 saturated carbocycles. The summed E-state index contributed by atoms with van der Waals surface area (Å²) in [7, 11) is 5.86. The van der Waals surface area contributed by atoms with Crippen LogP contribution in [-0.2, 0) is 9.47 Å². The lowest BCUT2D eigenvalue weighted by molar-refractivity contribution is -0.386. The molecule has 1 saturated heterocycles. The lowest BCUT2D eigenvalue weighted by atomic mass is 10.00. The van der Waals surface area contributed by atoms with Gasteiger partial charge in [-0.25, -0.2) is 8.78 Å². The molecule has 4 aromatic rings. The summed E-state index contributed by atoms with van der Waals surface area (Å²) in [5.74, 6) is 0.264. The van der Waals surface area contributed by atoms with Crippen molar-refractivity contribution in [1.29, 1.82) is 0 Å². The maximum Gasteiger partial charge on any atom is 0.282 e. The molecule has 1 aliphatic rings. The quantitative estimate of drug-likeness (QED) is 0.0905. The highest BCUT2D eigenvalue weighted by molar-refractivity contribution is 5.85. The van der Waals surface area contributed by atoms with Gasteiger partial charge >= 0.3 is 0 Å². The standard InChI is InChI=1S/C17H16FNO6.C15H12FNO5.2CH4/c1-22-11-5-10(6-12(7-11)23-2)13-8-14(17-24-3-4-25-17)16(19(20)21)9-15(13)18;1-21-11-3-9(4-12(6-11)22-2)13-5-10(8-18)15(17(19)20)7-14(13)16;;/h5-9,17H,3-4H2,1-2H3;3-8H,1-2H3;2*1H4. The molecule has 0 amide bonds. The summed E-state index contributed by atoms with van der Waals surface area (Å²) in [4.78, 5) is 31.6. The first-order valence-corrected chi connectivity index (χ1v) is 13.6. The fourth-order valence-electron chi connectivity index (χ4n) is 4.66. The lowest BCUT2D eigenvalue weighted by Gasteiger charge is -2.14. The second kappa shape index (κ2) is 17.5. The Morgan fingerprint density at radius 3 is 1.41 bits per heavy atom. The third kappa shape index (κ3) is 9.03. The number of methoxy groups -OCH3 is 4. The second-order valence-corrected chi connectivity index (χ2v) is 9.69. The molecule has 0 radical (unpaired) electrons. The maximum atomic E-state index is 14.6. The van der Waals surface area contributed by atoms with Crippen LogP contribution in [0, 0.1) is 31.9 Å². The molecule has 262 valence electrons. The van der Waals surface area contributed by atoms with Crippen LogP contribution in [0.3, 0.4) is 0 Å². The predicted octanol–water partition coefficient (Wildman–Crippen LogP) is 7.97. The Hall–Kier alpha value is -5.67. The Bertz CT molecular complexity index is 1770. The van der Waals surface area contributed by atoms with Crippen LogP contribution in [0.4, 0.5) is 20.2 Å². The topological polar surface area (TPSA) is 159 Å². The molecule has 5 rings (SSSR count). The fourth-order valence-corrected chi connectivity index (χ4v) is 4.66. The molecule has 0 atom stereocenters. The third-order valence-corrected chi connectivity index (χ3v) is 6.95. The summed E-state index contributed by atoms with van der Waals surface area (Å²) in [5, 5.41) is 22.1. The van der Waals surface area contributed by atoms with Gasteiger partial charge in [-0.05, 0) is 47.5 Å². The van der Waals surface area contributed by atoms with Gasteiger partial charge in [0.25, 0.3) is 11.4 Å². The summed E-state index contributed by atoms with van der Waals surface area (Å²) in [6, 6.07) is 13.7. The highest BCUT2D eigenvalue weighted by Gasteiger charge is 2.29. The average Bonchev–Trinajstić information content (AvgIpc) is 3.62. The SMILES string of the molecule is C.C.COc1cc(OC)cc(-c2cc(C3OCCO3)c([N+](=O)[O-])cc2F)c1.COc1cc(OC)cc(-c2cc(C=O)c([N+](=O)[O-])cc2F)c1. The van der Waals surface area contributed by atoms with Crippen LogP contribution in [0.15, 0.2) is 60.7 Å². The zero-order chi connectivity index (χ0) is 34.2. The number of hydrogen-bond donors (Lipinski definition) is 0. The first-order chi connectivity index (χ1) is 22.5. The van der Waals surface area contributed by atoms with E-state index >= 15 is 0 Å². The number of halogens is 2. The summed E-state index contributed by atoms with van der Waals surface area (Å²) in [6.07, 6.45) is -0.578. The van der Waals surface area contributed by atoms with Crippen molar-refractivity contribution in [1.82, 2.24) is 0 Å². The van der Waals surface area contributed by atoms with Crippen LogP contribution in [0.2, 0.25) is 0 Å². The molecule has 0 spiro atoms. The number of nitro groups is 2. The normalized spacial score (nSPS) is 12.0. The van der Waals surface area contributed by atoms with Crippen LogP contribution in [0.25, 0.3) is 22.3 Å². The first-order valence-electron chi connectivity index (χ1n) is 13.6. The minimum Gasteiger partial charge on any atom is -0.497 e. The number of nitrogens with zero attached hydrogens (tertiary/aromatic N) is 2. The number of carbonyl (C=O) groups excluding carboxylic acids is 1. The van der Waals surface area contributed by atoms with E-state index in [9.17, 15) is 33.8 Å². The molecule has 1 aliphatic heterocycles. The number of aldehydes is 1. The second-order valence-electron chi connectivity index (χ2n) is 9.69. The summed E-state index contributed by atoms with van der Waals surface area (Å²) >= 11 is 0. The smallest absolute Gasteiger partial charge is 0.282 e. The number of benzene rings is 4. The zero-order valence-electron chi connectivity index (χ0n) is 25.5. The van der Waals surface area contributed by atoms with Gasteiger partial charge in [-0.1, -0.05) is 14.9 Å². The van der Waals surface area contributed by atoms with Gasteiger partial charge in [0.1, 0.15) is 34.6 Å². The van der Waals surface area contributed by atoms with Crippen LogP contribution in [-0.4, -0.2) is 57.8 Å². The molecule has 0 aliphatic carbocycles. The van der Waals surface area contributed by atoms with Gasteiger partial charge in [-0.2, -0.15) is 0 Å². The van der Waals surface area contributed by atoms with Crippen LogP contribution in [0.5, 0.6) is 23.0 Å². The highest BCUT2D eigenvalue weighted by Crippen LogP contribution is 2.39. The fraction of sp³-hybridized carbons (Fsp3) is 0.265. The molecule has 49 heavy (non-hydrogen) atoms. The third-order valence-electron chi connectivity index (χ3n) is 6.95. The average molecular weight is 687 g/mol. The largest absolute Gasteiger partial charge is 0.497 e. The van der Waals surface area contributed by atoms with Crippen molar-refractivity contribution in [3.63, 3.8) is 0 Å². The van der Waals surface area contributed by atoms with E-state index in [1.165, 1.54) is 34.5 Å². The molecule has 0 N–H and O–H groups in total. The molecule has 0 unspecified atom stereocenters. The molecule has 13 nitrogen and oxygen atoms in total. The van der Waals surface area contributed by atoms with Gasteiger partial charge < -0.3 is 28.4 Å². The minimum absolute atomic E-state index is 0. The number of nitro benzene ring substituents is 2. The summed E-state index contributed by atoms with van der Waals surface area (Å²) in [6.45, 7) is 0.642. The van der Waals surface area contributed by atoms with Gasteiger partial charge in [-0.3, -0.25) is 25.0 Å². The van der Waals surface area contributed by atoms with Crippen LogP contribution in [0.1, 0.15) is 37.1 Å². The zero-order valence-corrected chi connectivity index (χ0v) is 25.5. The molecule has 15 heteroatoms.